The quantitative estimate of drug-likeness (QED) is 0.882. The van der Waals surface area contributed by atoms with Gasteiger partial charge < -0.3 is 5.32 Å². The molecule has 0 aliphatic rings. The van der Waals surface area contributed by atoms with Crippen molar-refractivity contribution >= 4 is 5.82 Å². The number of rotatable bonds is 2. The molecule has 0 saturated carbocycles. The molecule has 18 heavy (non-hydrogen) atoms. The standard InChI is InChI=1S/C14H16FN3/c1-8-5-9(2)7-11(6-8)13-17-10(3)12(15)14(16-4)18-13/h5-7H,1-4H3,(H,16,17,18). The number of aryl methyl sites for hydroxylation is 3. The smallest absolute Gasteiger partial charge is 0.186 e. The van der Waals surface area contributed by atoms with Crippen LogP contribution in [0.15, 0.2) is 18.2 Å². The van der Waals surface area contributed by atoms with Crippen molar-refractivity contribution in [1.29, 1.82) is 0 Å². The normalized spacial score (nSPS) is 10.5. The van der Waals surface area contributed by atoms with Gasteiger partial charge in [-0.15, -0.1) is 0 Å². The summed E-state index contributed by atoms with van der Waals surface area (Å²) < 4.78 is 13.7. The second-order valence-electron chi connectivity index (χ2n) is 4.42. The fraction of sp³-hybridized carbons (Fsp3) is 0.286. The van der Waals surface area contributed by atoms with Crippen LogP contribution in [0.3, 0.4) is 0 Å². The summed E-state index contributed by atoms with van der Waals surface area (Å²) in [6, 6.07) is 6.08. The maximum atomic E-state index is 13.7. The zero-order valence-electron chi connectivity index (χ0n) is 11.0. The van der Waals surface area contributed by atoms with Gasteiger partial charge in [0.25, 0.3) is 0 Å². The molecule has 1 N–H and O–H groups in total. The Morgan fingerprint density at radius 2 is 1.61 bits per heavy atom. The number of hydrogen-bond acceptors (Lipinski definition) is 3. The highest BCUT2D eigenvalue weighted by Gasteiger charge is 2.11. The lowest BCUT2D eigenvalue weighted by Gasteiger charge is -2.08. The number of aromatic nitrogens is 2. The summed E-state index contributed by atoms with van der Waals surface area (Å²) in [5.41, 5.74) is 3.54. The van der Waals surface area contributed by atoms with E-state index in [1.54, 1.807) is 14.0 Å². The summed E-state index contributed by atoms with van der Waals surface area (Å²) in [4.78, 5) is 8.41. The van der Waals surface area contributed by atoms with Gasteiger partial charge in [0, 0.05) is 12.6 Å². The van der Waals surface area contributed by atoms with Crippen molar-refractivity contribution in [2.75, 3.05) is 12.4 Å². The van der Waals surface area contributed by atoms with Gasteiger partial charge in [-0.05, 0) is 32.9 Å². The second kappa shape index (κ2) is 4.72. The molecule has 0 aliphatic carbocycles. The number of benzene rings is 1. The molecule has 0 bridgehead atoms. The van der Waals surface area contributed by atoms with Crippen LogP contribution in [0.2, 0.25) is 0 Å². The van der Waals surface area contributed by atoms with Gasteiger partial charge in [0.15, 0.2) is 17.5 Å². The minimum Gasteiger partial charge on any atom is -0.371 e. The lowest BCUT2D eigenvalue weighted by Crippen LogP contribution is -2.03. The van der Waals surface area contributed by atoms with Crippen LogP contribution >= 0.6 is 0 Å². The summed E-state index contributed by atoms with van der Waals surface area (Å²) in [6.07, 6.45) is 0. The maximum Gasteiger partial charge on any atom is 0.186 e. The summed E-state index contributed by atoms with van der Waals surface area (Å²) in [6.45, 7) is 5.68. The number of hydrogen-bond donors (Lipinski definition) is 1. The molecule has 0 fully saturated rings. The first-order valence-corrected chi connectivity index (χ1v) is 5.82. The molecule has 3 nitrogen and oxygen atoms in total. The third-order valence-corrected chi connectivity index (χ3v) is 2.73. The Labute approximate surface area is 106 Å². The van der Waals surface area contributed by atoms with E-state index in [1.807, 2.05) is 26.0 Å². The first kappa shape index (κ1) is 12.5. The molecule has 0 saturated heterocycles. The van der Waals surface area contributed by atoms with Gasteiger partial charge >= 0.3 is 0 Å². The summed E-state index contributed by atoms with van der Waals surface area (Å²) in [5.74, 6) is 0.382. The molecular weight excluding hydrogens is 229 g/mol. The zero-order chi connectivity index (χ0) is 13.3. The molecule has 1 aromatic carbocycles. The van der Waals surface area contributed by atoms with Crippen molar-refractivity contribution in [3.05, 3.63) is 40.8 Å². The average molecular weight is 245 g/mol. The van der Waals surface area contributed by atoms with Gasteiger partial charge in [-0.25, -0.2) is 14.4 Å². The Hall–Kier alpha value is -1.97. The van der Waals surface area contributed by atoms with Crippen LogP contribution in [-0.2, 0) is 0 Å². The first-order valence-electron chi connectivity index (χ1n) is 5.82. The summed E-state index contributed by atoms with van der Waals surface area (Å²) in [5, 5.41) is 2.75. The highest BCUT2D eigenvalue weighted by atomic mass is 19.1. The summed E-state index contributed by atoms with van der Waals surface area (Å²) >= 11 is 0. The average Bonchev–Trinajstić information content (AvgIpc) is 2.31. The Kier molecular flexibility index (Phi) is 3.28. The molecule has 2 rings (SSSR count). The molecule has 4 heteroatoms. The van der Waals surface area contributed by atoms with Gasteiger partial charge in [-0.2, -0.15) is 0 Å². The first-order chi connectivity index (χ1) is 8.51. The Bertz CT molecular complexity index is 574. The van der Waals surface area contributed by atoms with Crippen LogP contribution in [0.4, 0.5) is 10.2 Å². The highest BCUT2D eigenvalue weighted by molar-refractivity contribution is 5.60. The van der Waals surface area contributed by atoms with E-state index in [0.29, 0.717) is 11.5 Å². The van der Waals surface area contributed by atoms with Gasteiger partial charge in [0.05, 0.1) is 5.69 Å². The monoisotopic (exact) mass is 245 g/mol. The van der Waals surface area contributed by atoms with Crippen molar-refractivity contribution < 1.29 is 4.39 Å². The van der Waals surface area contributed by atoms with Crippen molar-refractivity contribution in [2.24, 2.45) is 0 Å². The molecule has 0 amide bonds. The minimum atomic E-state index is -0.398. The third-order valence-electron chi connectivity index (χ3n) is 2.73. The highest BCUT2D eigenvalue weighted by Crippen LogP contribution is 2.22. The van der Waals surface area contributed by atoms with E-state index in [9.17, 15) is 4.39 Å². The Balaban J connectivity index is 2.60. The van der Waals surface area contributed by atoms with E-state index < -0.39 is 5.82 Å². The molecule has 1 aromatic heterocycles. The molecule has 0 spiro atoms. The fourth-order valence-electron chi connectivity index (χ4n) is 1.96. The number of nitrogens with zero attached hydrogens (tertiary/aromatic N) is 2. The number of anilines is 1. The Morgan fingerprint density at radius 3 is 2.17 bits per heavy atom. The Morgan fingerprint density at radius 1 is 1.00 bits per heavy atom. The minimum absolute atomic E-state index is 0.233. The lowest BCUT2D eigenvalue weighted by atomic mass is 10.1. The number of halogens is 1. The van der Waals surface area contributed by atoms with Gasteiger partial charge in [-0.1, -0.05) is 17.2 Å². The third kappa shape index (κ3) is 2.32. The van der Waals surface area contributed by atoms with Crippen LogP contribution in [0.25, 0.3) is 11.4 Å². The topological polar surface area (TPSA) is 37.8 Å². The van der Waals surface area contributed by atoms with Crippen LogP contribution < -0.4 is 5.32 Å². The summed E-state index contributed by atoms with van der Waals surface area (Å²) in [7, 11) is 1.65. The van der Waals surface area contributed by atoms with Crippen LogP contribution in [0.5, 0.6) is 0 Å². The van der Waals surface area contributed by atoms with E-state index in [2.05, 4.69) is 21.4 Å². The van der Waals surface area contributed by atoms with Gasteiger partial charge in [-0.3, -0.25) is 0 Å². The van der Waals surface area contributed by atoms with Crippen molar-refractivity contribution in [2.45, 2.75) is 20.8 Å². The molecular formula is C14H16FN3. The van der Waals surface area contributed by atoms with E-state index >= 15 is 0 Å². The molecule has 2 aromatic rings. The van der Waals surface area contributed by atoms with Crippen molar-refractivity contribution in [3.8, 4) is 11.4 Å². The fourth-order valence-corrected chi connectivity index (χ4v) is 1.96. The predicted octanol–water partition coefficient (Wildman–Crippen LogP) is 3.25. The SMILES string of the molecule is CNc1nc(-c2cc(C)cc(C)c2)nc(C)c1F. The van der Waals surface area contributed by atoms with E-state index in [0.717, 1.165) is 16.7 Å². The second-order valence-corrected chi connectivity index (χ2v) is 4.42. The lowest BCUT2D eigenvalue weighted by molar-refractivity contribution is 0.607. The van der Waals surface area contributed by atoms with Gasteiger partial charge in [0.1, 0.15) is 0 Å². The van der Waals surface area contributed by atoms with E-state index in [-0.39, 0.29) is 5.82 Å². The van der Waals surface area contributed by atoms with Gasteiger partial charge in [0.2, 0.25) is 0 Å². The largest absolute Gasteiger partial charge is 0.371 e. The number of nitrogens with one attached hydrogen (secondary N) is 1. The molecule has 1 heterocycles. The van der Waals surface area contributed by atoms with E-state index in [4.69, 9.17) is 0 Å². The molecule has 0 aliphatic heterocycles. The maximum absolute atomic E-state index is 13.7. The molecule has 0 atom stereocenters. The van der Waals surface area contributed by atoms with Crippen molar-refractivity contribution in [1.82, 2.24) is 9.97 Å². The zero-order valence-corrected chi connectivity index (χ0v) is 11.0. The van der Waals surface area contributed by atoms with E-state index in [1.165, 1.54) is 0 Å². The van der Waals surface area contributed by atoms with Crippen molar-refractivity contribution in [3.63, 3.8) is 0 Å². The molecule has 0 radical (unpaired) electrons. The molecule has 0 unspecified atom stereocenters. The van der Waals surface area contributed by atoms with Crippen LogP contribution in [-0.4, -0.2) is 17.0 Å². The predicted molar refractivity (Wildman–Crippen MR) is 71.2 cm³/mol. The molecule has 94 valence electrons. The van der Waals surface area contributed by atoms with Crippen LogP contribution in [0, 0.1) is 26.6 Å². The van der Waals surface area contributed by atoms with Crippen LogP contribution in [0.1, 0.15) is 16.8 Å².